The normalized spacial score (nSPS) is 18.9. The minimum absolute atomic E-state index is 1.14. The van der Waals surface area contributed by atoms with Crippen LogP contribution in [0.25, 0.3) is 0 Å². The zero-order chi connectivity index (χ0) is 9.52. The van der Waals surface area contributed by atoms with Gasteiger partial charge in [0.15, 0.2) is 0 Å². The molecule has 0 aromatic carbocycles. The van der Waals surface area contributed by atoms with Crippen LogP contribution in [0.4, 0.5) is 0 Å². The van der Waals surface area contributed by atoms with Crippen molar-refractivity contribution in [3.8, 4) is 0 Å². The third-order valence-corrected chi connectivity index (χ3v) is 2.46. The topological polar surface area (TPSA) is 3.24 Å². The summed E-state index contributed by atoms with van der Waals surface area (Å²) in [6.07, 6.45) is 11.9. The summed E-state index contributed by atoms with van der Waals surface area (Å²) in [5.74, 6) is 0. The van der Waals surface area contributed by atoms with Crippen molar-refractivity contribution in [3.63, 3.8) is 0 Å². The Morgan fingerprint density at radius 2 is 1.92 bits per heavy atom. The number of rotatable bonds is 4. The van der Waals surface area contributed by atoms with E-state index in [0.717, 1.165) is 12.8 Å². The predicted octanol–water partition coefficient (Wildman–Crippen LogP) is 3.34. The lowest BCUT2D eigenvalue weighted by molar-refractivity contribution is 0.464. The molecule has 1 saturated heterocycles. The van der Waals surface area contributed by atoms with Gasteiger partial charge in [-0.1, -0.05) is 26.0 Å². The van der Waals surface area contributed by atoms with Crippen LogP contribution in [-0.4, -0.2) is 18.0 Å². The van der Waals surface area contributed by atoms with Crippen LogP contribution in [0, 0.1) is 0 Å². The maximum atomic E-state index is 2.44. The summed E-state index contributed by atoms with van der Waals surface area (Å²) in [4.78, 5) is 2.44. The van der Waals surface area contributed by atoms with E-state index in [-0.39, 0.29) is 0 Å². The van der Waals surface area contributed by atoms with Gasteiger partial charge in [-0.3, -0.25) is 0 Å². The van der Waals surface area contributed by atoms with Gasteiger partial charge in [-0.25, -0.2) is 0 Å². The second-order valence-corrected chi connectivity index (χ2v) is 3.61. The van der Waals surface area contributed by atoms with E-state index in [4.69, 9.17) is 0 Å². The third-order valence-electron chi connectivity index (χ3n) is 2.46. The molecule has 13 heavy (non-hydrogen) atoms. The molecule has 0 amide bonds. The van der Waals surface area contributed by atoms with E-state index < -0.39 is 0 Å². The number of hydrogen-bond donors (Lipinski definition) is 0. The fraction of sp³-hybridized carbons (Fsp3) is 0.667. The first-order chi connectivity index (χ1) is 6.36. The molecule has 0 atom stereocenters. The molecule has 0 bridgehead atoms. The Hall–Kier alpha value is -0.720. The summed E-state index contributed by atoms with van der Waals surface area (Å²) in [7, 11) is 0. The Morgan fingerprint density at radius 3 is 2.46 bits per heavy atom. The van der Waals surface area contributed by atoms with Gasteiger partial charge in [0.1, 0.15) is 0 Å². The van der Waals surface area contributed by atoms with Crippen LogP contribution < -0.4 is 0 Å². The Labute approximate surface area is 82.1 Å². The molecule has 0 aromatic heterocycles. The Morgan fingerprint density at radius 1 is 1.23 bits per heavy atom. The molecule has 74 valence electrons. The van der Waals surface area contributed by atoms with E-state index in [1.807, 2.05) is 0 Å². The summed E-state index contributed by atoms with van der Waals surface area (Å²) in [6, 6.07) is 0. The van der Waals surface area contributed by atoms with Crippen LogP contribution in [0.15, 0.2) is 23.9 Å². The van der Waals surface area contributed by atoms with Crippen molar-refractivity contribution < 1.29 is 0 Å². The van der Waals surface area contributed by atoms with Crippen LogP contribution in [0.1, 0.15) is 39.5 Å². The summed E-state index contributed by atoms with van der Waals surface area (Å²) in [6.45, 7) is 6.91. The van der Waals surface area contributed by atoms with Gasteiger partial charge in [-0.15, -0.1) is 0 Å². The fourth-order valence-corrected chi connectivity index (χ4v) is 1.63. The van der Waals surface area contributed by atoms with Gasteiger partial charge in [0, 0.05) is 19.3 Å². The number of allylic oxidation sites excluding steroid dienone is 3. The van der Waals surface area contributed by atoms with Gasteiger partial charge in [-0.2, -0.15) is 0 Å². The van der Waals surface area contributed by atoms with Crippen molar-refractivity contribution >= 4 is 0 Å². The molecule has 0 saturated carbocycles. The lowest BCUT2D eigenvalue weighted by atomic mass is 10.2. The highest BCUT2D eigenvalue weighted by molar-refractivity contribution is 5.17. The first kappa shape index (κ1) is 10.4. The minimum atomic E-state index is 1.14. The summed E-state index contributed by atoms with van der Waals surface area (Å²) in [5, 5.41) is 0. The molecule has 0 spiro atoms. The highest BCUT2D eigenvalue weighted by Gasteiger charge is 2.07. The van der Waals surface area contributed by atoms with Crippen molar-refractivity contribution in [2.24, 2.45) is 0 Å². The Balaban J connectivity index is 2.47. The van der Waals surface area contributed by atoms with Crippen molar-refractivity contribution in [3.05, 3.63) is 23.9 Å². The highest BCUT2D eigenvalue weighted by Crippen LogP contribution is 2.12. The lowest BCUT2D eigenvalue weighted by Crippen LogP contribution is -2.11. The van der Waals surface area contributed by atoms with Crippen molar-refractivity contribution in [1.82, 2.24) is 4.90 Å². The first-order valence-electron chi connectivity index (χ1n) is 5.48. The third kappa shape index (κ3) is 3.67. The molecule has 1 aliphatic heterocycles. The zero-order valence-corrected chi connectivity index (χ0v) is 8.92. The fourth-order valence-electron chi connectivity index (χ4n) is 1.63. The van der Waals surface area contributed by atoms with Gasteiger partial charge in [0.25, 0.3) is 0 Å². The van der Waals surface area contributed by atoms with Gasteiger partial charge in [0.05, 0.1) is 0 Å². The molecular weight excluding hydrogens is 158 g/mol. The maximum Gasteiger partial charge on any atom is 0.0173 e. The van der Waals surface area contributed by atoms with Crippen LogP contribution >= 0.6 is 0 Å². The zero-order valence-electron chi connectivity index (χ0n) is 8.92. The van der Waals surface area contributed by atoms with Gasteiger partial charge < -0.3 is 4.90 Å². The van der Waals surface area contributed by atoms with E-state index in [9.17, 15) is 0 Å². The van der Waals surface area contributed by atoms with Crippen LogP contribution in [0.3, 0.4) is 0 Å². The molecule has 0 unspecified atom stereocenters. The predicted molar refractivity (Wildman–Crippen MR) is 58.6 cm³/mol. The number of nitrogens with zero attached hydrogens (tertiary/aromatic N) is 1. The van der Waals surface area contributed by atoms with E-state index in [0.29, 0.717) is 0 Å². The van der Waals surface area contributed by atoms with Crippen molar-refractivity contribution in [1.29, 1.82) is 0 Å². The second-order valence-electron chi connectivity index (χ2n) is 3.61. The molecule has 1 nitrogen and oxygen atoms in total. The molecule has 1 rings (SSSR count). The van der Waals surface area contributed by atoms with E-state index >= 15 is 0 Å². The summed E-state index contributed by atoms with van der Waals surface area (Å²) < 4.78 is 0. The van der Waals surface area contributed by atoms with Gasteiger partial charge >= 0.3 is 0 Å². The minimum Gasteiger partial charge on any atom is -0.377 e. The van der Waals surface area contributed by atoms with Crippen molar-refractivity contribution in [2.45, 2.75) is 39.5 Å². The number of hydrogen-bond acceptors (Lipinski definition) is 1. The standard InChI is InChI=1S/C12H21N/c1-3-5-8-12(4-2)11-13-9-6-7-10-13/h5,8,11H,3-4,6-7,9-10H2,1-2H3. The molecule has 0 radical (unpaired) electrons. The van der Waals surface area contributed by atoms with Crippen LogP contribution in [0.5, 0.6) is 0 Å². The molecule has 0 N–H and O–H groups in total. The highest BCUT2D eigenvalue weighted by atomic mass is 15.1. The summed E-state index contributed by atoms with van der Waals surface area (Å²) >= 11 is 0. The lowest BCUT2D eigenvalue weighted by Gasteiger charge is -2.12. The van der Waals surface area contributed by atoms with E-state index in [2.05, 4.69) is 37.1 Å². The van der Waals surface area contributed by atoms with Crippen LogP contribution in [0.2, 0.25) is 0 Å². The molecule has 1 fully saturated rings. The Bertz CT molecular complexity index is 185. The maximum absolute atomic E-state index is 2.44. The smallest absolute Gasteiger partial charge is 0.0173 e. The number of likely N-dealkylation sites (tertiary alicyclic amines) is 1. The van der Waals surface area contributed by atoms with Gasteiger partial charge in [-0.05, 0) is 31.3 Å². The second kappa shape index (κ2) is 5.85. The largest absolute Gasteiger partial charge is 0.377 e. The molecule has 1 heteroatoms. The molecular formula is C12H21N. The van der Waals surface area contributed by atoms with Crippen LogP contribution in [-0.2, 0) is 0 Å². The first-order valence-corrected chi connectivity index (χ1v) is 5.48. The average molecular weight is 179 g/mol. The SMILES string of the molecule is CCC=CC(=CN1CCCC1)CC. The summed E-state index contributed by atoms with van der Waals surface area (Å²) in [5.41, 5.74) is 1.46. The Kier molecular flexibility index (Phi) is 4.66. The molecule has 0 aliphatic carbocycles. The molecule has 0 aromatic rings. The monoisotopic (exact) mass is 179 g/mol. The molecule has 1 aliphatic rings. The van der Waals surface area contributed by atoms with E-state index in [1.54, 1.807) is 0 Å². The molecule has 1 heterocycles. The quantitative estimate of drug-likeness (QED) is 0.598. The van der Waals surface area contributed by atoms with Crippen molar-refractivity contribution in [2.75, 3.05) is 13.1 Å². The van der Waals surface area contributed by atoms with Gasteiger partial charge in [0.2, 0.25) is 0 Å². The van der Waals surface area contributed by atoms with E-state index in [1.165, 1.54) is 31.5 Å². The average Bonchev–Trinajstić information content (AvgIpc) is 2.64.